The zero-order chi connectivity index (χ0) is 7.78. The summed E-state index contributed by atoms with van der Waals surface area (Å²) in [5.41, 5.74) is 0. The van der Waals surface area contributed by atoms with E-state index in [1.165, 1.54) is 0 Å². The summed E-state index contributed by atoms with van der Waals surface area (Å²) in [5.74, 6) is 0. The normalized spacial score (nSPS) is 10.9. The molecule has 0 fully saturated rings. The first-order valence-corrected chi connectivity index (χ1v) is 3.13. The average molecular weight is 209 g/mol. The number of rotatable bonds is 1. The first-order chi connectivity index (χ1) is 4.50. The summed E-state index contributed by atoms with van der Waals surface area (Å²) >= 11 is 0.0197. The zero-order valence-electron chi connectivity index (χ0n) is 5.52. The van der Waals surface area contributed by atoms with Gasteiger partial charge < -0.3 is 12.9 Å². The molecule has 0 aliphatic carbocycles. The Morgan fingerprint density at radius 1 is 1.36 bits per heavy atom. The summed E-state index contributed by atoms with van der Waals surface area (Å²) in [4.78, 5) is 2.83. The van der Waals surface area contributed by atoms with Gasteiger partial charge in [-0.1, -0.05) is 0 Å². The van der Waals surface area contributed by atoms with E-state index in [1.54, 1.807) is 0 Å². The van der Waals surface area contributed by atoms with Crippen LogP contribution in [0.5, 0.6) is 0 Å². The Labute approximate surface area is 107 Å². The molecule has 1 rings (SSSR count). The van der Waals surface area contributed by atoms with E-state index >= 15 is 0 Å². The quantitative estimate of drug-likeness (QED) is 0.398. The maximum Gasteiger partial charge on any atom is 1.00 e. The molecular weight excluding hydrogens is 208 g/mol. The van der Waals surface area contributed by atoms with Crippen LogP contribution in [0.25, 0.3) is 0 Å². The number of thiazole rings is 1. The Bertz CT molecular complexity index is 235. The molecule has 0 bridgehead atoms. The fourth-order valence-electron chi connectivity index (χ4n) is 0.416. The number of halogens is 4. The van der Waals surface area contributed by atoms with Gasteiger partial charge in [-0.3, -0.25) is 0 Å². The molecule has 0 radical (unpaired) electrons. The van der Waals surface area contributed by atoms with E-state index in [9.17, 15) is 17.3 Å². The molecule has 0 spiro atoms. The molecule has 11 heavy (non-hydrogen) atoms. The van der Waals surface area contributed by atoms with E-state index < -0.39 is 17.0 Å². The molecule has 0 amide bonds. The minimum absolute atomic E-state index is 0. The minimum atomic E-state index is -5.07. The van der Waals surface area contributed by atoms with Gasteiger partial charge in [0.05, 0.1) is 0 Å². The minimum Gasteiger partial charge on any atom is -0.444 e. The molecule has 1 heterocycles. The Hall–Kier alpha value is 1.05. The van der Waals surface area contributed by atoms with Gasteiger partial charge in [0.1, 0.15) is 0 Å². The van der Waals surface area contributed by atoms with Gasteiger partial charge in [-0.25, -0.2) is 4.98 Å². The van der Waals surface area contributed by atoms with Gasteiger partial charge in [0.15, 0.2) is 0 Å². The molecule has 0 unspecified atom stereocenters. The van der Waals surface area contributed by atoms with Crippen LogP contribution >= 0.6 is 11.3 Å². The summed E-state index contributed by atoms with van der Waals surface area (Å²) in [7, 11) is 0. The first-order valence-electron chi connectivity index (χ1n) is 2.31. The van der Waals surface area contributed by atoms with Crippen molar-refractivity contribution < 1.29 is 68.7 Å². The maximum atomic E-state index is 11.9. The summed E-state index contributed by atoms with van der Waals surface area (Å²) in [5, 5.41) is -1.05. The van der Waals surface area contributed by atoms with Crippen LogP contribution in [0, 0.1) is 5.26 Å². The zero-order valence-corrected chi connectivity index (χ0v) is 9.46. The summed E-state index contributed by atoms with van der Waals surface area (Å²) < 4.78 is 45.9. The third kappa shape index (κ3) is 3.51. The van der Waals surface area contributed by atoms with Gasteiger partial charge in [0, 0.05) is 6.20 Å². The smallest absolute Gasteiger partial charge is 0.444 e. The van der Waals surface area contributed by atoms with Crippen LogP contribution in [0.2, 0.25) is 0 Å². The molecule has 0 N–H and O–H groups in total. The fourth-order valence-corrected chi connectivity index (χ4v) is 0.955. The second-order valence-corrected chi connectivity index (χ2v) is 2.60. The number of hydrogen-bond acceptors (Lipinski definition) is 2. The second kappa shape index (κ2) is 4.33. The standard InChI is InChI=1S/C3HBF4NS.K/c5-3-9-1-2(10-3)4(6,7)8;/h1H;/q-1;+1. The Morgan fingerprint density at radius 3 is 2.09 bits per heavy atom. The van der Waals surface area contributed by atoms with Crippen LogP contribution in [0.1, 0.15) is 0 Å². The van der Waals surface area contributed by atoms with Crippen LogP contribution in [0.3, 0.4) is 0 Å². The van der Waals surface area contributed by atoms with Crippen molar-refractivity contribution in [2.24, 2.45) is 0 Å². The van der Waals surface area contributed by atoms with Gasteiger partial charge in [0.25, 0.3) is 5.26 Å². The van der Waals surface area contributed by atoms with E-state index in [-0.39, 0.29) is 62.7 Å². The summed E-state index contributed by atoms with van der Waals surface area (Å²) in [6, 6.07) is 0. The van der Waals surface area contributed by atoms with Crippen molar-refractivity contribution in [3.05, 3.63) is 11.5 Å². The predicted octanol–water partition coefficient (Wildman–Crippen LogP) is -1.66. The SMILES string of the molecule is Fc1ncc([B-](F)(F)F)s1.[K+]. The summed E-state index contributed by atoms with van der Waals surface area (Å²) in [6.45, 7) is -5.07. The van der Waals surface area contributed by atoms with Crippen LogP contribution in [-0.4, -0.2) is 12.0 Å². The number of nitrogens with zero attached hydrogens (tertiary/aromatic N) is 1. The van der Waals surface area contributed by atoms with E-state index in [4.69, 9.17) is 0 Å². The number of aromatic nitrogens is 1. The van der Waals surface area contributed by atoms with E-state index in [0.29, 0.717) is 6.20 Å². The molecule has 8 heteroatoms. The molecule has 0 aromatic carbocycles. The first kappa shape index (κ1) is 12.1. The van der Waals surface area contributed by atoms with Crippen LogP contribution < -0.4 is 56.2 Å². The Kier molecular flexibility index (Phi) is 4.75. The molecular formula is C3HBF4KNS. The molecule has 0 saturated heterocycles. The summed E-state index contributed by atoms with van der Waals surface area (Å²) in [6.07, 6.45) is 0.500. The van der Waals surface area contributed by atoms with Crippen molar-refractivity contribution >= 4 is 23.1 Å². The third-order valence-corrected chi connectivity index (χ3v) is 1.70. The van der Waals surface area contributed by atoms with Crippen LogP contribution in [0.15, 0.2) is 6.20 Å². The third-order valence-electron chi connectivity index (χ3n) is 0.818. The van der Waals surface area contributed by atoms with Crippen LogP contribution in [-0.2, 0) is 0 Å². The van der Waals surface area contributed by atoms with Crippen LogP contribution in [0.4, 0.5) is 17.3 Å². The van der Waals surface area contributed by atoms with E-state index in [0.717, 1.165) is 0 Å². The van der Waals surface area contributed by atoms with Crippen molar-refractivity contribution in [3.8, 4) is 0 Å². The molecule has 1 nitrogen and oxygen atoms in total. The molecule has 56 valence electrons. The molecule has 0 saturated carbocycles. The van der Waals surface area contributed by atoms with Crippen molar-refractivity contribution in [1.29, 1.82) is 0 Å². The van der Waals surface area contributed by atoms with Gasteiger partial charge in [-0.15, -0.1) is 11.3 Å². The Balaban J connectivity index is 0.000001000. The van der Waals surface area contributed by atoms with Gasteiger partial charge >= 0.3 is 58.4 Å². The topological polar surface area (TPSA) is 12.9 Å². The molecule has 1 aromatic heterocycles. The fraction of sp³-hybridized carbons (Fsp3) is 0. The average Bonchev–Trinajstić information content (AvgIpc) is 2.11. The van der Waals surface area contributed by atoms with Crippen molar-refractivity contribution in [1.82, 2.24) is 4.98 Å². The van der Waals surface area contributed by atoms with Crippen molar-refractivity contribution in [2.75, 3.05) is 0 Å². The predicted molar refractivity (Wildman–Crippen MR) is 30.8 cm³/mol. The monoisotopic (exact) mass is 209 g/mol. The van der Waals surface area contributed by atoms with Crippen molar-refractivity contribution in [3.63, 3.8) is 0 Å². The number of hydrogen-bond donors (Lipinski definition) is 0. The molecule has 0 aliphatic rings. The molecule has 1 aromatic rings. The van der Waals surface area contributed by atoms with Crippen molar-refractivity contribution in [2.45, 2.75) is 0 Å². The molecule has 0 atom stereocenters. The van der Waals surface area contributed by atoms with E-state index in [1.807, 2.05) is 0 Å². The van der Waals surface area contributed by atoms with Gasteiger partial charge in [-0.05, 0) is 4.78 Å². The molecule has 0 aliphatic heterocycles. The maximum absolute atomic E-state index is 11.9. The largest absolute Gasteiger partial charge is 1.00 e. The second-order valence-electron chi connectivity index (χ2n) is 1.59. The van der Waals surface area contributed by atoms with Gasteiger partial charge in [-0.2, -0.15) is 4.39 Å². The van der Waals surface area contributed by atoms with E-state index in [2.05, 4.69) is 4.98 Å². The Morgan fingerprint density at radius 2 is 1.91 bits per heavy atom. The van der Waals surface area contributed by atoms with Gasteiger partial charge in [0.2, 0.25) is 0 Å².